The average molecular weight is 181 g/mol. The van der Waals surface area contributed by atoms with E-state index in [0.29, 0.717) is 18.6 Å². The molecule has 0 aliphatic heterocycles. The van der Waals surface area contributed by atoms with E-state index in [-0.39, 0.29) is 0 Å². The van der Waals surface area contributed by atoms with Gasteiger partial charge in [-0.25, -0.2) is 0 Å². The highest BCUT2D eigenvalue weighted by atomic mass is 16.5. The standard InChI is InChI=1S/C9H15N3O/c1-8-3-4-9(12(13)7-8)11-6-2-5-10/h3-4,7,13H,2,5-6,10H2,1H3. The predicted octanol–water partition coefficient (Wildman–Crippen LogP) is 0.283. The van der Waals surface area contributed by atoms with Crippen LogP contribution in [0.25, 0.3) is 0 Å². The van der Waals surface area contributed by atoms with Gasteiger partial charge >= 0.3 is 0 Å². The smallest absolute Gasteiger partial charge is 0.163 e. The Morgan fingerprint density at radius 2 is 2.31 bits per heavy atom. The Hall–Kier alpha value is -1.29. The second kappa shape index (κ2) is 4.67. The monoisotopic (exact) mass is 181 g/mol. The molecule has 1 aromatic rings. The van der Waals surface area contributed by atoms with Crippen molar-refractivity contribution in [3.05, 3.63) is 29.4 Å². The van der Waals surface area contributed by atoms with Crippen LogP contribution in [0.3, 0.4) is 0 Å². The third-order valence-electron chi connectivity index (χ3n) is 1.69. The number of hydrogen-bond donors (Lipinski definition) is 2. The summed E-state index contributed by atoms with van der Waals surface area (Å²) < 4.78 is 1.03. The molecule has 0 bridgehead atoms. The van der Waals surface area contributed by atoms with Crippen molar-refractivity contribution in [3.8, 4) is 0 Å². The number of nitrogens with two attached hydrogens (primary N) is 1. The van der Waals surface area contributed by atoms with Crippen molar-refractivity contribution in [2.24, 2.45) is 10.7 Å². The van der Waals surface area contributed by atoms with E-state index in [4.69, 9.17) is 5.73 Å². The van der Waals surface area contributed by atoms with Crippen molar-refractivity contribution in [1.82, 2.24) is 4.73 Å². The van der Waals surface area contributed by atoms with Crippen LogP contribution in [-0.4, -0.2) is 23.0 Å². The molecular weight excluding hydrogens is 166 g/mol. The lowest BCUT2D eigenvalue weighted by Crippen LogP contribution is -2.18. The molecule has 72 valence electrons. The SMILES string of the molecule is Cc1ccc(=NCCCN)n(O)c1. The lowest BCUT2D eigenvalue weighted by Gasteiger charge is -1.99. The first kappa shape index (κ1) is 9.80. The van der Waals surface area contributed by atoms with Gasteiger partial charge < -0.3 is 10.9 Å². The lowest BCUT2D eigenvalue weighted by atomic mass is 10.3. The molecule has 0 aliphatic carbocycles. The number of aromatic nitrogens is 1. The molecule has 0 aliphatic rings. The third-order valence-corrected chi connectivity index (χ3v) is 1.69. The Balaban J connectivity index is 2.82. The van der Waals surface area contributed by atoms with Gasteiger partial charge in [-0.15, -0.1) is 0 Å². The van der Waals surface area contributed by atoms with E-state index >= 15 is 0 Å². The van der Waals surface area contributed by atoms with Crippen LogP contribution in [0.5, 0.6) is 0 Å². The molecule has 1 aromatic heterocycles. The van der Waals surface area contributed by atoms with Crippen molar-refractivity contribution in [2.75, 3.05) is 13.1 Å². The fraction of sp³-hybridized carbons (Fsp3) is 0.444. The zero-order valence-electron chi connectivity index (χ0n) is 7.77. The van der Waals surface area contributed by atoms with Gasteiger partial charge in [-0.05, 0) is 31.5 Å². The molecule has 13 heavy (non-hydrogen) atoms. The summed E-state index contributed by atoms with van der Waals surface area (Å²) in [5.41, 5.74) is 6.89. The lowest BCUT2D eigenvalue weighted by molar-refractivity contribution is 0.171. The summed E-state index contributed by atoms with van der Waals surface area (Å²) >= 11 is 0. The highest BCUT2D eigenvalue weighted by Gasteiger charge is 1.89. The van der Waals surface area contributed by atoms with Gasteiger partial charge in [0.25, 0.3) is 0 Å². The molecule has 0 amide bonds. The molecule has 0 saturated carbocycles. The second-order valence-electron chi connectivity index (χ2n) is 2.93. The normalized spacial score (nSPS) is 12.0. The molecule has 0 aromatic carbocycles. The first-order valence-electron chi connectivity index (χ1n) is 4.33. The first-order chi connectivity index (χ1) is 6.24. The van der Waals surface area contributed by atoms with Crippen molar-refractivity contribution >= 4 is 0 Å². The van der Waals surface area contributed by atoms with Crippen molar-refractivity contribution in [1.29, 1.82) is 0 Å². The van der Waals surface area contributed by atoms with Crippen LogP contribution in [0.15, 0.2) is 23.3 Å². The fourth-order valence-electron chi connectivity index (χ4n) is 0.994. The van der Waals surface area contributed by atoms with Gasteiger partial charge in [-0.3, -0.25) is 4.99 Å². The zero-order valence-corrected chi connectivity index (χ0v) is 7.77. The Bertz CT molecular complexity index is 330. The van der Waals surface area contributed by atoms with Gasteiger partial charge in [0.2, 0.25) is 0 Å². The average Bonchev–Trinajstić information content (AvgIpc) is 2.09. The second-order valence-corrected chi connectivity index (χ2v) is 2.93. The van der Waals surface area contributed by atoms with Crippen molar-refractivity contribution in [2.45, 2.75) is 13.3 Å². The number of rotatable bonds is 3. The van der Waals surface area contributed by atoms with E-state index in [9.17, 15) is 5.21 Å². The van der Waals surface area contributed by atoms with Gasteiger partial charge in [-0.1, -0.05) is 6.07 Å². The van der Waals surface area contributed by atoms with Crippen molar-refractivity contribution < 1.29 is 5.21 Å². The highest BCUT2D eigenvalue weighted by Crippen LogP contribution is 1.89. The number of aryl methyl sites for hydroxylation is 1. The molecule has 0 radical (unpaired) electrons. The molecule has 0 saturated heterocycles. The van der Waals surface area contributed by atoms with Crippen LogP contribution in [0.1, 0.15) is 12.0 Å². The van der Waals surface area contributed by atoms with Crippen molar-refractivity contribution in [3.63, 3.8) is 0 Å². The van der Waals surface area contributed by atoms with E-state index in [2.05, 4.69) is 4.99 Å². The molecule has 4 heteroatoms. The molecule has 1 heterocycles. The van der Waals surface area contributed by atoms with Gasteiger partial charge in [0.05, 0.1) is 0 Å². The zero-order chi connectivity index (χ0) is 9.68. The summed E-state index contributed by atoms with van der Waals surface area (Å²) in [6.45, 7) is 3.19. The minimum atomic E-state index is 0.569. The van der Waals surface area contributed by atoms with E-state index in [0.717, 1.165) is 16.7 Å². The molecule has 0 spiro atoms. The highest BCUT2D eigenvalue weighted by molar-refractivity contribution is 5.05. The summed E-state index contributed by atoms with van der Waals surface area (Å²) in [5, 5.41) is 9.38. The largest absolute Gasteiger partial charge is 0.427 e. The Morgan fingerprint density at radius 1 is 1.54 bits per heavy atom. The summed E-state index contributed by atoms with van der Waals surface area (Å²) in [4.78, 5) is 4.17. The fourth-order valence-corrected chi connectivity index (χ4v) is 0.994. The Labute approximate surface area is 77.3 Å². The van der Waals surface area contributed by atoms with Crippen LogP contribution in [0.4, 0.5) is 0 Å². The van der Waals surface area contributed by atoms with Crippen LogP contribution in [-0.2, 0) is 0 Å². The first-order valence-corrected chi connectivity index (χ1v) is 4.33. The molecule has 1 rings (SSSR count). The maximum absolute atomic E-state index is 9.38. The van der Waals surface area contributed by atoms with Crippen LogP contribution < -0.4 is 11.2 Å². The summed E-state index contributed by atoms with van der Waals surface area (Å²) in [5.74, 6) is 0. The summed E-state index contributed by atoms with van der Waals surface area (Å²) in [7, 11) is 0. The minimum absolute atomic E-state index is 0.569. The van der Waals surface area contributed by atoms with Crippen LogP contribution >= 0.6 is 0 Å². The molecule has 0 unspecified atom stereocenters. The number of nitrogens with zero attached hydrogens (tertiary/aromatic N) is 2. The maximum atomic E-state index is 9.38. The minimum Gasteiger partial charge on any atom is -0.427 e. The van der Waals surface area contributed by atoms with E-state index in [1.54, 1.807) is 12.3 Å². The summed E-state index contributed by atoms with van der Waals surface area (Å²) in [6.07, 6.45) is 2.47. The maximum Gasteiger partial charge on any atom is 0.163 e. The predicted molar refractivity (Wildman–Crippen MR) is 50.5 cm³/mol. The van der Waals surface area contributed by atoms with Crippen LogP contribution in [0, 0.1) is 6.92 Å². The van der Waals surface area contributed by atoms with E-state index < -0.39 is 0 Å². The van der Waals surface area contributed by atoms with Gasteiger partial charge in [0.1, 0.15) is 0 Å². The summed E-state index contributed by atoms with van der Waals surface area (Å²) in [6, 6.07) is 3.69. The molecule has 0 atom stereocenters. The quantitative estimate of drug-likeness (QED) is 0.520. The van der Waals surface area contributed by atoms with E-state index in [1.807, 2.05) is 13.0 Å². The van der Waals surface area contributed by atoms with Gasteiger partial charge in [0, 0.05) is 12.7 Å². The van der Waals surface area contributed by atoms with E-state index in [1.165, 1.54) is 0 Å². The molecule has 3 N–H and O–H groups in total. The van der Waals surface area contributed by atoms with Gasteiger partial charge in [-0.2, -0.15) is 4.73 Å². The Morgan fingerprint density at radius 3 is 2.92 bits per heavy atom. The topological polar surface area (TPSA) is 63.5 Å². The molecule has 0 fully saturated rings. The number of pyridine rings is 1. The van der Waals surface area contributed by atoms with Crippen LogP contribution in [0.2, 0.25) is 0 Å². The molecule has 4 nitrogen and oxygen atoms in total. The molecular formula is C9H15N3O. The Kier molecular flexibility index (Phi) is 3.52. The van der Waals surface area contributed by atoms with Gasteiger partial charge in [0.15, 0.2) is 5.49 Å². The third kappa shape index (κ3) is 2.91. The number of hydrogen-bond acceptors (Lipinski definition) is 3.